The van der Waals surface area contributed by atoms with Crippen LogP contribution in [-0.2, 0) is 4.79 Å². The number of carbonyl (C=O) groups is 1. The molecule has 7 heteroatoms. The molecule has 1 rings (SSSR count). The van der Waals surface area contributed by atoms with Gasteiger partial charge in [0.2, 0.25) is 10.2 Å². The van der Waals surface area contributed by atoms with Crippen molar-refractivity contribution in [3.63, 3.8) is 0 Å². The van der Waals surface area contributed by atoms with E-state index >= 15 is 0 Å². The van der Waals surface area contributed by atoms with Crippen molar-refractivity contribution in [1.29, 1.82) is 0 Å². The summed E-state index contributed by atoms with van der Waals surface area (Å²) in [5.74, 6) is 0.771. The molecule has 1 aliphatic rings. The zero-order valence-corrected chi connectivity index (χ0v) is 8.68. The maximum atomic E-state index is 10.4. The summed E-state index contributed by atoms with van der Waals surface area (Å²) in [6.07, 6.45) is 1.12. The molecule has 0 unspecified atom stereocenters. The van der Waals surface area contributed by atoms with Crippen LogP contribution >= 0.6 is 23.4 Å². The number of hydrogen-bond donors (Lipinski definition) is 0. The van der Waals surface area contributed by atoms with Crippen molar-refractivity contribution < 1.29 is 4.79 Å². The summed E-state index contributed by atoms with van der Waals surface area (Å²) in [7, 11) is 0. The fourth-order valence-electron chi connectivity index (χ4n) is 0.760. The van der Waals surface area contributed by atoms with Crippen molar-refractivity contribution >= 4 is 28.6 Å². The van der Waals surface area contributed by atoms with Crippen LogP contribution in [0.3, 0.4) is 0 Å². The Morgan fingerprint density at radius 2 is 2.08 bits per heavy atom. The molecular weight excluding hydrogens is 212 g/mol. The molecule has 13 heavy (non-hydrogen) atoms. The van der Waals surface area contributed by atoms with Crippen LogP contribution in [0.25, 0.3) is 0 Å². The van der Waals surface area contributed by atoms with E-state index in [4.69, 9.17) is 11.6 Å². The summed E-state index contributed by atoms with van der Waals surface area (Å²) in [6, 6.07) is 0. The van der Waals surface area contributed by atoms with Crippen LogP contribution in [0.1, 0.15) is 19.8 Å². The second-order valence-electron chi connectivity index (χ2n) is 2.62. The number of carbonyl (C=O) groups excluding carboxylic acids is 1. The lowest BCUT2D eigenvalue weighted by molar-refractivity contribution is -0.111. The molecule has 5 nitrogen and oxygen atoms in total. The normalized spacial score (nSPS) is 18.0. The Labute approximate surface area is 85.0 Å². The number of nitrogens with zero attached hydrogens (tertiary/aromatic N) is 4. The Morgan fingerprint density at radius 3 is 2.62 bits per heavy atom. The number of thioether (sulfide) groups is 1. The standard InChI is InChI=1S/C6H9ClN4OS/c1-6(8-10-11-9-6)13-4-2-3-5(7)12/h2-4H2,1H3. The first-order valence-corrected chi connectivity index (χ1v) is 5.15. The van der Waals surface area contributed by atoms with Crippen molar-refractivity contribution in [2.45, 2.75) is 24.8 Å². The van der Waals surface area contributed by atoms with E-state index in [1.165, 1.54) is 11.8 Å². The van der Waals surface area contributed by atoms with Gasteiger partial charge in [0.25, 0.3) is 0 Å². The van der Waals surface area contributed by atoms with Crippen LogP contribution in [0.2, 0.25) is 0 Å². The van der Waals surface area contributed by atoms with Gasteiger partial charge in [-0.05, 0) is 41.1 Å². The summed E-state index contributed by atoms with van der Waals surface area (Å²) in [6.45, 7) is 1.82. The molecular formula is C6H9ClN4OS. The predicted octanol–water partition coefficient (Wildman–Crippen LogP) is 2.77. The lowest BCUT2D eigenvalue weighted by Gasteiger charge is -2.11. The molecule has 0 fully saturated rings. The predicted molar refractivity (Wildman–Crippen MR) is 50.7 cm³/mol. The van der Waals surface area contributed by atoms with Crippen LogP contribution in [0.15, 0.2) is 20.7 Å². The molecule has 0 amide bonds. The minimum Gasteiger partial charge on any atom is -0.281 e. The highest BCUT2D eigenvalue weighted by molar-refractivity contribution is 8.00. The first kappa shape index (κ1) is 10.6. The van der Waals surface area contributed by atoms with Crippen molar-refractivity contribution in [2.75, 3.05) is 5.75 Å². The van der Waals surface area contributed by atoms with Crippen LogP contribution < -0.4 is 0 Å². The molecule has 0 saturated heterocycles. The zero-order valence-electron chi connectivity index (χ0n) is 7.10. The molecule has 72 valence electrons. The third kappa shape index (κ3) is 3.82. The lowest BCUT2D eigenvalue weighted by Crippen LogP contribution is -2.10. The van der Waals surface area contributed by atoms with Crippen LogP contribution in [-0.4, -0.2) is 16.0 Å². The maximum Gasteiger partial charge on any atom is 0.237 e. The third-order valence-corrected chi connectivity index (χ3v) is 2.79. The van der Waals surface area contributed by atoms with Gasteiger partial charge in [-0.2, -0.15) is 0 Å². The molecule has 1 aliphatic heterocycles. The third-order valence-electron chi connectivity index (χ3n) is 1.39. The SMILES string of the molecule is CC1(SCCCC(=O)Cl)N=NN=N1. The fraction of sp³-hybridized carbons (Fsp3) is 0.833. The van der Waals surface area contributed by atoms with Crippen molar-refractivity contribution in [3.05, 3.63) is 0 Å². The van der Waals surface area contributed by atoms with Crippen molar-refractivity contribution in [3.8, 4) is 0 Å². The molecule has 0 radical (unpaired) electrons. The minimum atomic E-state index is -0.588. The van der Waals surface area contributed by atoms with Gasteiger partial charge in [0, 0.05) is 6.42 Å². The summed E-state index contributed by atoms with van der Waals surface area (Å²) in [5, 5.41) is 14.2. The summed E-state index contributed by atoms with van der Waals surface area (Å²) < 4.78 is 0. The maximum absolute atomic E-state index is 10.4. The van der Waals surface area contributed by atoms with Crippen LogP contribution in [0.5, 0.6) is 0 Å². The van der Waals surface area contributed by atoms with E-state index in [0.29, 0.717) is 6.42 Å². The minimum absolute atomic E-state index is 0.305. The van der Waals surface area contributed by atoms with Crippen LogP contribution in [0, 0.1) is 0 Å². The average Bonchev–Trinajstić information content (AvgIpc) is 2.47. The first-order chi connectivity index (χ1) is 6.12. The van der Waals surface area contributed by atoms with Crippen molar-refractivity contribution in [2.24, 2.45) is 20.7 Å². The molecule has 0 atom stereocenters. The Balaban J connectivity index is 2.16. The van der Waals surface area contributed by atoms with Gasteiger partial charge >= 0.3 is 0 Å². The second kappa shape index (κ2) is 4.66. The Hall–Kier alpha value is -0.490. The van der Waals surface area contributed by atoms with Crippen LogP contribution in [0.4, 0.5) is 0 Å². The van der Waals surface area contributed by atoms with E-state index in [1.807, 2.05) is 6.92 Å². The number of halogens is 1. The summed E-state index contributed by atoms with van der Waals surface area (Å²) >= 11 is 6.67. The zero-order chi connectivity index (χ0) is 9.73. The van der Waals surface area contributed by atoms with Gasteiger partial charge in [0.1, 0.15) is 0 Å². The highest BCUT2D eigenvalue weighted by Gasteiger charge is 2.26. The molecule has 0 bridgehead atoms. The van der Waals surface area contributed by atoms with E-state index in [0.717, 1.165) is 12.2 Å². The van der Waals surface area contributed by atoms with Crippen molar-refractivity contribution in [1.82, 2.24) is 0 Å². The van der Waals surface area contributed by atoms with Gasteiger partial charge < -0.3 is 0 Å². The molecule has 0 aromatic rings. The van der Waals surface area contributed by atoms with E-state index in [1.54, 1.807) is 0 Å². The average molecular weight is 221 g/mol. The lowest BCUT2D eigenvalue weighted by atomic mass is 10.4. The molecule has 0 spiro atoms. The molecule has 1 heterocycles. The highest BCUT2D eigenvalue weighted by Crippen LogP contribution is 2.32. The van der Waals surface area contributed by atoms with Gasteiger partial charge in [-0.1, -0.05) is 0 Å². The Bertz CT molecular complexity index is 243. The molecule has 0 saturated carbocycles. The molecule has 0 aromatic carbocycles. The summed E-state index contributed by atoms with van der Waals surface area (Å²) in [4.78, 5) is 9.80. The Kier molecular flexibility index (Phi) is 3.80. The smallest absolute Gasteiger partial charge is 0.237 e. The second-order valence-corrected chi connectivity index (χ2v) is 4.51. The van der Waals surface area contributed by atoms with E-state index in [-0.39, 0.29) is 5.24 Å². The quantitative estimate of drug-likeness (QED) is 0.528. The molecule has 0 aliphatic carbocycles. The van der Waals surface area contributed by atoms with Gasteiger partial charge in [-0.25, -0.2) is 0 Å². The monoisotopic (exact) mass is 220 g/mol. The highest BCUT2D eigenvalue weighted by atomic mass is 35.5. The largest absolute Gasteiger partial charge is 0.281 e. The Morgan fingerprint density at radius 1 is 1.46 bits per heavy atom. The van der Waals surface area contributed by atoms with E-state index in [9.17, 15) is 4.79 Å². The first-order valence-electron chi connectivity index (χ1n) is 3.79. The van der Waals surface area contributed by atoms with Gasteiger partial charge in [0.15, 0.2) is 0 Å². The number of rotatable bonds is 5. The number of hydrogen-bond acceptors (Lipinski definition) is 6. The topological polar surface area (TPSA) is 66.5 Å². The molecule has 0 N–H and O–H groups in total. The van der Waals surface area contributed by atoms with Gasteiger partial charge in [0.05, 0.1) is 0 Å². The van der Waals surface area contributed by atoms with E-state index < -0.39 is 4.99 Å². The summed E-state index contributed by atoms with van der Waals surface area (Å²) in [5.41, 5.74) is 0. The fourth-order valence-corrected chi connectivity index (χ4v) is 1.76. The molecule has 0 aromatic heterocycles. The van der Waals surface area contributed by atoms with E-state index in [2.05, 4.69) is 20.7 Å². The van der Waals surface area contributed by atoms with Gasteiger partial charge in [-0.15, -0.1) is 22.0 Å². The van der Waals surface area contributed by atoms with Gasteiger partial charge in [-0.3, -0.25) is 4.79 Å².